The van der Waals surface area contributed by atoms with E-state index in [0.717, 1.165) is 11.6 Å². The maximum absolute atomic E-state index is 13.5. The minimum atomic E-state index is -1.71. The van der Waals surface area contributed by atoms with Crippen molar-refractivity contribution in [1.82, 2.24) is 0 Å². The monoisotopic (exact) mass is 409 g/mol. The number of benzene rings is 2. The maximum Gasteiger partial charge on any atom is 0.344 e. The molecule has 9 heteroatoms. The molecule has 0 aliphatic carbocycles. The second kappa shape index (κ2) is 8.02. The maximum atomic E-state index is 13.5. The first-order valence-electron chi connectivity index (χ1n) is 8.69. The van der Waals surface area contributed by atoms with Crippen LogP contribution in [-0.4, -0.2) is 30.7 Å². The van der Waals surface area contributed by atoms with Crippen LogP contribution in [0, 0.1) is 17.5 Å². The third-order valence-corrected chi connectivity index (χ3v) is 4.07. The Bertz CT molecular complexity index is 961. The number of carbonyl (C=O) groups excluding carboxylic acids is 2. The Morgan fingerprint density at radius 1 is 1.10 bits per heavy atom. The Morgan fingerprint density at radius 3 is 2.62 bits per heavy atom. The van der Waals surface area contributed by atoms with Gasteiger partial charge in [0.2, 0.25) is 0 Å². The quantitative estimate of drug-likeness (QED) is 0.585. The lowest BCUT2D eigenvalue weighted by Crippen LogP contribution is -2.25. The van der Waals surface area contributed by atoms with Crippen molar-refractivity contribution in [1.29, 1.82) is 0 Å². The molecular formula is C20H18F3NO5. The zero-order chi connectivity index (χ0) is 21.2. The van der Waals surface area contributed by atoms with Crippen LogP contribution in [-0.2, 0) is 20.7 Å². The molecule has 0 saturated heterocycles. The zero-order valence-corrected chi connectivity index (χ0v) is 15.7. The molecule has 1 aliphatic rings. The summed E-state index contributed by atoms with van der Waals surface area (Å²) >= 11 is 0. The van der Waals surface area contributed by atoms with Crippen LogP contribution in [0.1, 0.15) is 19.4 Å². The average Bonchev–Trinajstić information content (AvgIpc) is 2.99. The molecule has 0 radical (unpaired) electrons. The molecule has 2 aromatic carbocycles. The van der Waals surface area contributed by atoms with E-state index in [4.69, 9.17) is 14.2 Å². The molecule has 0 aromatic heterocycles. The van der Waals surface area contributed by atoms with Gasteiger partial charge < -0.3 is 19.5 Å². The largest absolute Gasteiger partial charge is 0.483 e. The standard InChI is InChI=1S/C20H18F3NO5/c1-20(2)8-11-4-3-5-14(19(11)29-20)27-10-16(26)28-9-15(25)24-13-7-6-12(21)17(22)18(13)23/h3-7H,8-10H2,1-2H3,(H,24,25). The smallest absolute Gasteiger partial charge is 0.344 e. The topological polar surface area (TPSA) is 73.9 Å². The summed E-state index contributed by atoms with van der Waals surface area (Å²) in [7, 11) is 0. The molecule has 1 aliphatic heterocycles. The molecule has 0 bridgehead atoms. The highest BCUT2D eigenvalue weighted by molar-refractivity contribution is 5.93. The number of halogens is 3. The van der Waals surface area contributed by atoms with Crippen molar-refractivity contribution in [2.24, 2.45) is 0 Å². The van der Waals surface area contributed by atoms with E-state index in [9.17, 15) is 22.8 Å². The van der Waals surface area contributed by atoms with Gasteiger partial charge in [-0.2, -0.15) is 0 Å². The van der Waals surface area contributed by atoms with Gasteiger partial charge in [-0.15, -0.1) is 0 Å². The van der Waals surface area contributed by atoms with Crippen LogP contribution in [0.3, 0.4) is 0 Å². The van der Waals surface area contributed by atoms with Gasteiger partial charge in [0.15, 0.2) is 42.2 Å². The van der Waals surface area contributed by atoms with Crippen LogP contribution in [0.25, 0.3) is 0 Å². The fourth-order valence-corrected chi connectivity index (χ4v) is 2.83. The van der Waals surface area contributed by atoms with E-state index in [2.05, 4.69) is 0 Å². The first-order valence-corrected chi connectivity index (χ1v) is 8.69. The Labute approximate surface area is 164 Å². The van der Waals surface area contributed by atoms with Crippen molar-refractivity contribution in [3.05, 3.63) is 53.3 Å². The van der Waals surface area contributed by atoms with Crippen LogP contribution in [0.4, 0.5) is 18.9 Å². The molecule has 1 heterocycles. The van der Waals surface area contributed by atoms with E-state index >= 15 is 0 Å². The number of rotatable bonds is 6. The van der Waals surface area contributed by atoms with Gasteiger partial charge in [-0.1, -0.05) is 12.1 Å². The van der Waals surface area contributed by atoms with Gasteiger partial charge in [-0.3, -0.25) is 4.79 Å². The highest BCUT2D eigenvalue weighted by Crippen LogP contribution is 2.41. The van der Waals surface area contributed by atoms with E-state index in [-0.39, 0.29) is 5.60 Å². The Kier molecular flexibility index (Phi) is 5.67. The molecule has 0 spiro atoms. The lowest BCUT2D eigenvalue weighted by Gasteiger charge is -2.18. The molecule has 0 fully saturated rings. The molecule has 0 saturated carbocycles. The van der Waals surface area contributed by atoms with Gasteiger partial charge >= 0.3 is 5.97 Å². The molecule has 3 rings (SSSR count). The minimum Gasteiger partial charge on any atom is -0.483 e. The third-order valence-electron chi connectivity index (χ3n) is 4.07. The number of anilines is 1. The predicted octanol–water partition coefficient (Wildman–Crippen LogP) is 3.38. The van der Waals surface area contributed by atoms with Crippen molar-refractivity contribution < 1.29 is 37.0 Å². The summed E-state index contributed by atoms with van der Waals surface area (Å²) in [6.07, 6.45) is 0.699. The number of nitrogens with one attached hydrogen (secondary N) is 1. The summed E-state index contributed by atoms with van der Waals surface area (Å²) in [5.74, 6) is -5.49. The van der Waals surface area contributed by atoms with E-state index in [1.807, 2.05) is 25.2 Å². The number of hydrogen-bond donors (Lipinski definition) is 1. The van der Waals surface area contributed by atoms with Gasteiger partial charge in [0.25, 0.3) is 5.91 Å². The van der Waals surface area contributed by atoms with E-state index < -0.39 is 48.2 Å². The van der Waals surface area contributed by atoms with Gasteiger partial charge in [-0.25, -0.2) is 18.0 Å². The Balaban J connectivity index is 1.50. The van der Waals surface area contributed by atoms with Gasteiger partial charge in [-0.05, 0) is 32.0 Å². The van der Waals surface area contributed by atoms with Crippen molar-refractivity contribution >= 4 is 17.6 Å². The van der Waals surface area contributed by atoms with Crippen molar-refractivity contribution in [2.75, 3.05) is 18.5 Å². The number of ether oxygens (including phenoxy) is 3. The van der Waals surface area contributed by atoms with Crippen molar-refractivity contribution in [2.45, 2.75) is 25.9 Å². The van der Waals surface area contributed by atoms with E-state index in [1.165, 1.54) is 0 Å². The summed E-state index contributed by atoms with van der Waals surface area (Å²) in [6.45, 7) is 2.63. The van der Waals surface area contributed by atoms with E-state index in [1.54, 1.807) is 12.1 Å². The zero-order valence-electron chi connectivity index (χ0n) is 15.7. The molecule has 0 unspecified atom stereocenters. The fraction of sp³-hybridized carbons (Fsp3) is 0.300. The van der Waals surface area contributed by atoms with Gasteiger partial charge in [0.1, 0.15) is 5.60 Å². The Morgan fingerprint density at radius 2 is 1.86 bits per heavy atom. The summed E-state index contributed by atoms with van der Waals surface area (Å²) in [6, 6.07) is 6.83. The summed E-state index contributed by atoms with van der Waals surface area (Å²) < 4.78 is 55.5. The molecule has 1 amide bonds. The number of para-hydroxylation sites is 1. The number of esters is 1. The first kappa shape index (κ1) is 20.5. The second-order valence-electron chi connectivity index (χ2n) is 7.00. The summed E-state index contributed by atoms with van der Waals surface area (Å²) in [5.41, 5.74) is 0.00443. The van der Waals surface area contributed by atoms with Crippen LogP contribution in [0.2, 0.25) is 0 Å². The number of fused-ring (bicyclic) bond motifs is 1. The average molecular weight is 409 g/mol. The molecule has 29 heavy (non-hydrogen) atoms. The van der Waals surface area contributed by atoms with Crippen molar-refractivity contribution in [3.8, 4) is 11.5 Å². The third kappa shape index (κ3) is 4.79. The predicted molar refractivity (Wildman–Crippen MR) is 96.3 cm³/mol. The van der Waals surface area contributed by atoms with E-state index in [0.29, 0.717) is 24.0 Å². The molecule has 6 nitrogen and oxygen atoms in total. The fourth-order valence-electron chi connectivity index (χ4n) is 2.83. The van der Waals surface area contributed by atoms with Crippen LogP contribution < -0.4 is 14.8 Å². The number of carbonyl (C=O) groups is 2. The van der Waals surface area contributed by atoms with Crippen molar-refractivity contribution in [3.63, 3.8) is 0 Å². The van der Waals surface area contributed by atoms with Gasteiger partial charge in [0.05, 0.1) is 5.69 Å². The Hall–Kier alpha value is -3.23. The lowest BCUT2D eigenvalue weighted by atomic mass is 10.0. The number of hydrogen-bond acceptors (Lipinski definition) is 5. The highest BCUT2D eigenvalue weighted by Gasteiger charge is 2.32. The first-order chi connectivity index (χ1) is 13.7. The van der Waals surface area contributed by atoms with Crippen LogP contribution in [0.5, 0.6) is 11.5 Å². The summed E-state index contributed by atoms with van der Waals surface area (Å²) in [5, 5.41) is 1.99. The van der Waals surface area contributed by atoms with Crippen LogP contribution in [0.15, 0.2) is 30.3 Å². The SMILES string of the molecule is CC1(C)Cc2cccc(OCC(=O)OCC(=O)Nc3ccc(F)c(F)c3F)c2O1. The lowest BCUT2D eigenvalue weighted by molar-refractivity contribution is -0.149. The molecule has 154 valence electrons. The number of amides is 1. The molecular weight excluding hydrogens is 391 g/mol. The minimum absolute atomic E-state index is 0.373. The molecule has 0 atom stereocenters. The normalized spacial score (nSPS) is 14.0. The van der Waals surface area contributed by atoms with Crippen LogP contribution >= 0.6 is 0 Å². The highest BCUT2D eigenvalue weighted by atomic mass is 19.2. The second-order valence-corrected chi connectivity index (χ2v) is 7.00. The molecule has 1 N–H and O–H groups in total. The summed E-state index contributed by atoms with van der Waals surface area (Å²) in [4.78, 5) is 23.5. The van der Waals surface area contributed by atoms with Gasteiger partial charge in [0, 0.05) is 12.0 Å². The molecule has 2 aromatic rings.